The van der Waals surface area contributed by atoms with Crippen LogP contribution >= 0.6 is 0 Å². The number of benzene rings is 1. The molecule has 0 unspecified atom stereocenters. The molecule has 0 heterocycles. The molecule has 0 saturated heterocycles. The molecule has 0 bridgehead atoms. The molecule has 1 aromatic carbocycles. The zero-order valence-electron chi connectivity index (χ0n) is 10.7. The second-order valence-corrected chi connectivity index (χ2v) is 4.69. The third kappa shape index (κ3) is 4.18. The summed E-state index contributed by atoms with van der Waals surface area (Å²) in [5, 5.41) is 8.64. The zero-order valence-corrected chi connectivity index (χ0v) is 10.7. The van der Waals surface area contributed by atoms with E-state index in [2.05, 4.69) is 24.0 Å². The van der Waals surface area contributed by atoms with Crippen molar-refractivity contribution in [2.75, 3.05) is 6.61 Å². The van der Waals surface area contributed by atoms with Crippen LogP contribution in [-0.2, 0) is 11.3 Å². The molecule has 0 radical (unpaired) electrons. The molecule has 1 aliphatic rings. The van der Waals surface area contributed by atoms with Crippen LogP contribution in [0.25, 0.3) is 0 Å². The van der Waals surface area contributed by atoms with Crippen molar-refractivity contribution < 1.29 is 9.84 Å². The normalized spacial score (nSPS) is 15.4. The Morgan fingerprint density at radius 2 is 1.89 bits per heavy atom. The Hall–Kier alpha value is -1.30. The van der Waals surface area contributed by atoms with Gasteiger partial charge >= 0.3 is 0 Å². The van der Waals surface area contributed by atoms with Gasteiger partial charge in [0.15, 0.2) is 0 Å². The number of aliphatic hydroxyl groups is 1. The van der Waals surface area contributed by atoms with Gasteiger partial charge < -0.3 is 9.84 Å². The van der Waals surface area contributed by atoms with Crippen molar-refractivity contribution in [2.45, 2.75) is 44.8 Å². The number of hydrogen-bond acceptors (Lipinski definition) is 2. The average Bonchev–Trinajstić information content (AvgIpc) is 2.91. The monoisotopic (exact) mass is 244 g/mol. The van der Waals surface area contributed by atoms with Crippen LogP contribution < -0.4 is 0 Å². The molecule has 2 rings (SSSR count). The fourth-order valence-electron chi connectivity index (χ4n) is 2.17. The predicted octanol–water partition coefficient (Wildman–Crippen LogP) is 2.88. The number of rotatable bonds is 4. The molecule has 1 aromatic rings. The Bertz CT molecular complexity index is 405. The molecule has 96 valence electrons. The third-order valence-electron chi connectivity index (χ3n) is 3.21. The molecule has 0 spiro atoms. The maximum atomic E-state index is 8.64. The molecule has 1 fully saturated rings. The van der Waals surface area contributed by atoms with Crippen LogP contribution in [0.5, 0.6) is 0 Å². The largest absolute Gasteiger partial charge is 0.395 e. The molecule has 18 heavy (non-hydrogen) atoms. The van der Waals surface area contributed by atoms with E-state index in [1.54, 1.807) is 0 Å². The van der Waals surface area contributed by atoms with Crippen LogP contribution in [0.15, 0.2) is 24.3 Å². The standard InChI is InChI=1S/C16H20O2/c17-12-4-3-5-14-8-10-15(11-9-14)13-18-16-6-1-2-7-16/h8-11,16-17H,1-2,4,6-7,12-13H2. The van der Waals surface area contributed by atoms with E-state index in [1.807, 2.05) is 12.1 Å². The Morgan fingerprint density at radius 1 is 1.17 bits per heavy atom. The SMILES string of the molecule is OCCC#Cc1ccc(COC2CCCC2)cc1. The van der Waals surface area contributed by atoms with Crippen LogP contribution in [0.3, 0.4) is 0 Å². The highest BCUT2D eigenvalue weighted by Gasteiger charge is 2.14. The minimum Gasteiger partial charge on any atom is -0.395 e. The summed E-state index contributed by atoms with van der Waals surface area (Å²) in [6.07, 6.45) is 6.05. The lowest BCUT2D eigenvalue weighted by molar-refractivity contribution is 0.0457. The first kappa shape index (κ1) is 13.1. The lowest BCUT2D eigenvalue weighted by Crippen LogP contribution is -2.06. The van der Waals surface area contributed by atoms with E-state index < -0.39 is 0 Å². The highest BCUT2D eigenvalue weighted by molar-refractivity contribution is 5.35. The van der Waals surface area contributed by atoms with Crippen molar-refractivity contribution >= 4 is 0 Å². The topological polar surface area (TPSA) is 29.5 Å². The fourth-order valence-corrected chi connectivity index (χ4v) is 2.17. The van der Waals surface area contributed by atoms with Crippen LogP contribution in [0.2, 0.25) is 0 Å². The smallest absolute Gasteiger partial charge is 0.0720 e. The maximum Gasteiger partial charge on any atom is 0.0720 e. The van der Waals surface area contributed by atoms with Crippen molar-refractivity contribution in [3.8, 4) is 11.8 Å². The van der Waals surface area contributed by atoms with Crippen LogP contribution in [0.4, 0.5) is 0 Å². The molecule has 0 atom stereocenters. The van der Waals surface area contributed by atoms with Crippen molar-refractivity contribution in [3.05, 3.63) is 35.4 Å². The van der Waals surface area contributed by atoms with Gasteiger partial charge in [-0.1, -0.05) is 36.8 Å². The third-order valence-corrected chi connectivity index (χ3v) is 3.21. The van der Waals surface area contributed by atoms with E-state index in [-0.39, 0.29) is 6.61 Å². The molecule has 0 amide bonds. The van der Waals surface area contributed by atoms with Gasteiger partial charge in [-0.2, -0.15) is 0 Å². The molecule has 1 N–H and O–H groups in total. The summed E-state index contributed by atoms with van der Waals surface area (Å²) in [6.45, 7) is 0.829. The summed E-state index contributed by atoms with van der Waals surface area (Å²) in [5.41, 5.74) is 2.20. The average molecular weight is 244 g/mol. The first-order valence-electron chi connectivity index (χ1n) is 6.69. The molecule has 1 aliphatic carbocycles. The first-order chi connectivity index (χ1) is 8.88. The molecular formula is C16H20O2. The van der Waals surface area contributed by atoms with E-state index in [0.717, 1.165) is 5.56 Å². The van der Waals surface area contributed by atoms with E-state index in [0.29, 0.717) is 19.1 Å². The summed E-state index contributed by atoms with van der Waals surface area (Å²) < 4.78 is 5.86. The Morgan fingerprint density at radius 3 is 2.56 bits per heavy atom. The number of hydrogen-bond donors (Lipinski definition) is 1. The number of ether oxygens (including phenoxy) is 1. The predicted molar refractivity (Wildman–Crippen MR) is 72.1 cm³/mol. The second-order valence-electron chi connectivity index (χ2n) is 4.69. The zero-order chi connectivity index (χ0) is 12.6. The second kappa shape index (κ2) is 7.20. The lowest BCUT2D eigenvalue weighted by atomic mass is 10.1. The molecule has 0 aromatic heterocycles. The van der Waals surface area contributed by atoms with E-state index in [1.165, 1.54) is 31.2 Å². The van der Waals surface area contributed by atoms with Crippen molar-refractivity contribution in [3.63, 3.8) is 0 Å². The highest BCUT2D eigenvalue weighted by atomic mass is 16.5. The van der Waals surface area contributed by atoms with Gasteiger partial charge in [0.2, 0.25) is 0 Å². The highest BCUT2D eigenvalue weighted by Crippen LogP contribution is 2.22. The Balaban J connectivity index is 1.81. The van der Waals surface area contributed by atoms with Crippen molar-refractivity contribution in [1.82, 2.24) is 0 Å². The molecule has 2 heteroatoms. The van der Waals surface area contributed by atoms with E-state index >= 15 is 0 Å². The van der Waals surface area contributed by atoms with Crippen molar-refractivity contribution in [2.24, 2.45) is 0 Å². The van der Waals surface area contributed by atoms with Crippen LogP contribution in [0.1, 0.15) is 43.2 Å². The van der Waals surface area contributed by atoms with E-state index in [9.17, 15) is 0 Å². The Labute approximate surface area is 109 Å². The minimum atomic E-state index is 0.125. The maximum absolute atomic E-state index is 8.64. The quantitative estimate of drug-likeness (QED) is 0.825. The van der Waals surface area contributed by atoms with Gasteiger partial charge in [0, 0.05) is 12.0 Å². The van der Waals surface area contributed by atoms with E-state index in [4.69, 9.17) is 9.84 Å². The van der Waals surface area contributed by atoms with Gasteiger partial charge in [0.1, 0.15) is 0 Å². The summed E-state index contributed by atoms with van der Waals surface area (Å²) in [4.78, 5) is 0. The molecular weight excluding hydrogens is 224 g/mol. The molecule has 2 nitrogen and oxygen atoms in total. The first-order valence-corrected chi connectivity index (χ1v) is 6.69. The van der Waals surface area contributed by atoms with Gasteiger partial charge in [-0.15, -0.1) is 0 Å². The summed E-state index contributed by atoms with van der Waals surface area (Å²) in [5.74, 6) is 5.94. The fraction of sp³-hybridized carbons (Fsp3) is 0.500. The number of aliphatic hydroxyl groups excluding tert-OH is 1. The Kier molecular flexibility index (Phi) is 5.26. The van der Waals surface area contributed by atoms with Gasteiger partial charge in [0.25, 0.3) is 0 Å². The minimum absolute atomic E-state index is 0.125. The lowest BCUT2D eigenvalue weighted by Gasteiger charge is -2.10. The van der Waals surface area contributed by atoms with Crippen LogP contribution in [-0.4, -0.2) is 17.8 Å². The summed E-state index contributed by atoms with van der Waals surface area (Å²) in [6, 6.07) is 8.16. The summed E-state index contributed by atoms with van der Waals surface area (Å²) in [7, 11) is 0. The summed E-state index contributed by atoms with van der Waals surface area (Å²) >= 11 is 0. The van der Waals surface area contributed by atoms with Crippen LogP contribution in [0, 0.1) is 11.8 Å². The van der Waals surface area contributed by atoms with Gasteiger partial charge in [-0.05, 0) is 30.5 Å². The van der Waals surface area contributed by atoms with Gasteiger partial charge in [-0.3, -0.25) is 0 Å². The van der Waals surface area contributed by atoms with Gasteiger partial charge in [0.05, 0.1) is 19.3 Å². The molecule has 0 aliphatic heterocycles. The van der Waals surface area contributed by atoms with Gasteiger partial charge in [-0.25, -0.2) is 0 Å². The molecule has 1 saturated carbocycles. The van der Waals surface area contributed by atoms with Crippen molar-refractivity contribution in [1.29, 1.82) is 0 Å².